The first-order chi connectivity index (χ1) is 20.7. The van der Waals surface area contributed by atoms with Crippen molar-refractivity contribution in [2.45, 2.75) is 6.04 Å². The van der Waals surface area contributed by atoms with Crippen LogP contribution in [0.1, 0.15) is 28.3 Å². The van der Waals surface area contributed by atoms with Crippen molar-refractivity contribution < 1.29 is 9.18 Å². The third-order valence-corrected chi connectivity index (χ3v) is 7.91. The highest BCUT2D eigenvalue weighted by Crippen LogP contribution is 2.31. The van der Waals surface area contributed by atoms with Crippen molar-refractivity contribution in [1.82, 2.24) is 9.80 Å². The van der Waals surface area contributed by atoms with Gasteiger partial charge in [0, 0.05) is 31.8 Å². The lowest BCUT2D eigenvalue weighted by Gasteiger charge is -2.40. The van der Waals surface area contributed by atoms with E-state index in [1.54, 1.807) is 12.1 Å². The Labute approximate surface area is 247 Å². The van der Waals surface area contributed by atoms with Crippen LogP contribution >= 0.6 is 0 Å². The van der Waals surface area contributed by atoms with E-state index in [0.29, 0.717) is 18.7 Å². The van der Waals surface area contributed by atoms with Crippen LogP contribution in [-0.4, -0.2) is 41.9 Å². The average molecular weight is 553 g/mol. The molecule has 0 saturated carbocycles. The van der Waals surface area contributed by atoms with Crippen LogP contribution in [0.5, 0.6) is 0 Å². The third-order valence-electron chi connectivity index (χ3n) is 7.91. The van der Waals surface area contributed by atoms with E-state index in [1.807, 2.05) is 53.4 Å². The Morgan fingerprint density at radius 2 is 1.10 bits per heavy atom. The zero-order chi connectivity index (χ0) is 28.7. The van der Waals surface area contributed by atoms with Gasteiger partial charge in [0.15, 0.2) is 0 Å². The van der Waals surface area contributed by atoms with Gasteiger partial charge in [-0.15, -0.1) is 0 Å². The Balaban J connectivity index is 1.25. The Morgan fingerprint density at radius 3 is 1.64 bits per heavy atom. The minimum Gasteiger partial charge on any atom is -0.336 e. The summed E-state index contributed by atoms with van der Waals surface area (Å²) in [4.78, 5) is 18.5. The topological polar surface area (TPSA) is 23.6 Å². The molecule has 0 aromatic heterocycles. The van der Waals surface area contributed by atoms with Gasteiger partial charge in [-0.1, -0.05) is 127 Å². The fourth-order valence-electron chi connectivity index (χ4n) is 5.71. The van der Waals surface area contributed by atoms with Gasteiger partial charge in [0.05, 0.1) is 6.04 Å². The maximum absolute atomic E-state index is 14.1. The molecule has 1 fully saturated rings. The van der Waals surface area contributed by atoms with Crippen molar-refractivity contribution in [3.63, 3.8) is 0 Å². The highest BCUT2D eigenvalue weighted by molar-refractivity contribution is 6.24. The van der Waals surface area contributed by atoms with Gasteiger partial charge in [-0.05, 0) is 51.6 Å². The highest BCUT2D eigenvalue weighted by Gasteiger charge is 2.29. The van der Waals surface area contributed by atoms with Gasteiger partial charge in [0.25, 0.3) is 5.91 Å². The van der Waals surface area contributed by atoms with Gasteiger partial charge in [-0.2, -0.15) is 0 Å². The predicted octanol–water partition coefficient (Wildman–Crippen LogP) is 7.97. The average Bonchev–Trinajstić information content (AvgIpc) is 3.06. The number of carbonyl (C=O) groups is 1. The van der Waals surface area contributed by atoms with Crippen molar-refractivity contribution in [1.29, 1.82) is 0 Å². The normalized spacial score (nSPS) is 14.2. The fourth-order valence-corrected chi connectivity index (χ4v) is 5.71. The Kier molecular flexibility index (Phi) is 8.34. The van der Waals surface area contributed by atoms with Crippen molar-refractivity contribution in [3.05, 3.63) is 168 Å². The van der Waals surface area contributed by atoms with Crippen LogP contribution < -0.4 is 0 Å². The van der Waals surface area contributed by atoms with Gasteiger partial charge in [0.1, 0.15) is 5.82 Å². The Morgan fingerprint density at radius 1 is 0.595 bits per heavy atom. The smallest absolute Gasteiger partial charge is 0.254 e. The van der Waals surface area contributed by atoms with E-state index in [9.17, 15) is 9.18 Å². The molecular formula is C38H33FN2O. The predicted molar refractivity (Wildman–Crippen MR) is 169 cm³/mol. The Hall–Kier alpha value is -4.80. The zero-order valence-electron chi connectivity index (χ0n) is 23.4. The largest absolute Gasteiger partial charge is 0.336 e. The molecule has 3 nitrogen and oxygen atoms in total. The molecule has 1 aliphatic rings. The van der Waals surface area contributed by atoms with Gasteiger partial charge in [-0.25, -0.2) is 4.39 Å². The van der Waals surface area contributed by atoms with E-state index in [0.717, 1.165) is 35.3 Å². The van der Waals surface area contributed by atoms with E-state index in [1.165, 1.54) is 23.3 Å². The number of benzene rings is 5. The summed E-state index contributed by atoms with van der Waals surface area (Å²) in [6.07, 6.45) is 1.88. The second-order valence-corrected chi connectivity index (χ2v) is 10.6. The molecule has 1 saturated heterocycles. The lowest BCUT2D eigenvalue weighted by molar-refractivity contribution is -0.126. The van der Waals surface area contributed by atoms with Gasteiger partial charge >= 0.3 is 0 Å². The maximum Gasteiger partial charge on any atom is 0.254 e. The number of carbonyl (C=O) groups excluding carboxylic acids is 1. The molecule has 4 heteroatoms. The van der Waals surface area contributed by atoms with Crippen molar-refractivity contribution in [3.8, 4) is 11.1 Å². The molecule has 1 heterocycles. The van der Waals surface area contributed by atoms with Gasteiger partial charge < -0.3 is 4.90 Å². The van der Waals surface area contributed by atoms with Crippen LogP contribution in [0.15, 0.2) is 140 Å². The second kappa shape index (κ2) is 12.8. The summed E-state index contributed by atoms with van der Waals surface area (Å²) in [6, 6.07) is 45.9. The molecule has 0 radical (unpaired) electrons. The minimum atomic E-state index is -0.297. The maximum atomic E-state index is 14.1. The summed E-state index contributed by atoms with van der Waals surface area (Å²) < 4.78 is 13.6. The van der Waals surface area contributed by atoms with Crippen molar-refractivity contribution in [2.75, 3.05) is 26.2 Å². The van der Waals surface area contributed by atoms with Gasteiger partial charge in [0.2, 0.25) is 0 Å². The van der Waals surface area contributed by atoms with E-state index in [4.69, 9.17) is 0 Å². The number of hydrogen-bond acceptors (Lipinski definition) is 2. The molecule has 208 valence electrons. The van der Waals surface area contributed by atoms with Crippen LogP contribution in [0.2, 0.25) is 0 Å². The first-order valence-electron chi connectivity index (χ1n) is 14.4. The number of piperazine rings is 1. The molecule has 0 N–H and O–H groups in total. The number of nitrogens with zero attached hydrogens (tertiary/aromatic N) is 2. The Bertz CT molecular complexity index is 1590. The van der Waals surface area contributed by atoms with Crippen molar-refractivity contribution in [2.24, 2.45) is 0 Å². The number of rotatable bonds is 7. The van der Waals surface area contributed by atoms with Crippen molar-refractivity contribution >= 4 is 17.6 Å². The first-order valence-corrected chi connectivity index (χ1v) is 14.4. The van der Waals surface area contributed by atoms with E-state index in [2.05, 4.69) is 77.7 Å². The number of hydrogen-bond donors (Lipinski definition) is 0. The summed E-state index contributed by atoms with van der Waals surface area (Å²) >= 11 is 0. The van der Waals surface area contributed by atoms with Crippen LogP contribution in [-0.2, 0) is 4.79 Å². The van der Waals surface area contributed by atoms with Crippen LogP contribution in [0.3, 0.4) is 0 Å². The van der Waals surface area contributed by atoms with E-state index >= 15 is 0 Å². The summed E-state index contributed by atoms with van der Waals surface area (Å²) in [6.45, 7) is 2.77. The summed E-state index contributed by atoms with van der Waals surface area (Å²) in [5.74, 6) is -0.308. The first kappa shape index (κ1) is 27.4. The molecule has 1 amide bonds. The SMILES string of the molecule is O=C(C(=Cc1ccc(F)cc1)c1ccc(-c2ccccc2)cc1)N1CCN(C(c2ccccc2)c2ccccc2)CC1. The lowest BCUT2D eigenvalue weighted by atomic mass is 9.96. The van der Waals surface area contributed by atoms with Crippen LogP contribution in [0.4, 0.5) is 4.39 Å². The standard InChI is InChI=1S/C38H33FN2O/c39-35-22-16-29(17-23-35)28-36(32-20-18-31(19-21-32)30-10-4-1-5-11-30)38(42)41-26-24-40(25-27-41)37(33-12-6-2-7-13-33)34-14-8-3-9-15-34/h1-23,28,37H,24-27H2. The van der Waals surface area contributed by atoms with Crippen LogP contribution in [0.25, 0.3) is 22.8 Å². The second-order valence-electron chi connectivity index (χ2n) is 10.6. The molecule has 6 rings (SSSR count). The molecule has 0 aliphatic carbocycles. The highest BCUT2D eigenvalue weighted by atomic mass is 19.1. The molecule has 42 heavy (non-hydrogen) atoms. The van der Waals surface area contributed by atoms with E-state index in [-0.39, 0.29) is 17.8 Å². The molecule has 0 spiro atoms. The molecule has 5 aromatic rings. The zero-order valence-corrected chi connectivity index (χ0v) is 23.4. The quantitative estimate of drug-likeness (QED) is 0.151. The molecule has 1 aliphatic heterocycles. The molecular weight excluding hydrogens is 519 g/mol. The number of halogens is 1. The molecule has 5 aromatic carbocycles. The van der Waals surface area contributed by atoms with Gasteiger partial charge in [-0.3, -0.25) is 9.69 Å². The lowest BCUT2D eigenvalue weighted by Crippen LogP contribution is -2.50. The fraction of sp³-hybridized carbons (Fsp3) is 0.132. The third kappa shape index (κ3) is 6.24. The van der Waals surface area contributed by atoms with E-state index < -0.39 is 0 Å². The number of amides is 1. The summed E-state index contributed by atoms with van der Waals surface area (Å²) in [7, 11) is 0. The molecule has 0 bridgehead atoms. The summed E-state index contributed by atoms with van der Waals surface area (Å²) in [5.41, 5.74) is 6.96. The molecule has 0 atom stereocenters. The molecule has 0 unspecified atom stereocenters. The minimum absolute atomic E-state index is 0.0117. The monoisotopic (exact) mass is 552 g/mol. The summed E-state index contributed by atoms with van der Waals surface area (Å²) in [5, 5.41) is 0. The van der Waals surface area contributed by atoms with Crippen LogP contribution in [0, 0.1) is 5.82 Å².